The van der Waals surface area contributed by atoms with Crippen LogP contribution in [0.1, 0.15) is 30.0 Å². The molecule has 6 nitrogen and oxygen atoms in total. The van der Waals surface area contributed by atoms with E-state index in [4.69, 9.17) is 0 Å². The van der Waals surface area contributed by atoms with Crippen LogP contribution < -0.4 is 5.32 Å². The van der Waals surface area contributed by atoms with Gasteiger partial charge < -0.3 is 5.32 Å². The number of anilines is 1. The topological polar surface area (TPSA) is 89.3 Å². The predicted molar refractivity (Wildman–Crippen MR) is 91.9 cm³/mol. The predicted octanol–water partition coefficient (Wildman–Crippen LogP) is 3.49. The number of hydrogen-bond acceptors (Lipinski definition) is 5. The van der Waals surface area contributed by atoms with Gasteiger partial charge in [-0.3, -0.25) is 10.1 Å². The van der Waals surface area contributed by atoms with Crippen LogP contribution in [0.4, 0.5) is 11.4 Å². The Balaban J connectivity index is 1.98. The molecule has 0 amide bonds. The lowest BCUT2D eigenvalue weighted by molar-refractivity contribution is -0.384. The molecule has 0 aromatic heterocycles. The highest BCUT2D eigenvalue weighted by atomic mass is 32.2. The standard InChI is InChI=1S/C17H18N2O4S/c1-24(22,23)13-9-10-16(17(11-13)19(20)21)18-15-8-4-6-12-5-2-3-7-14(12)15/h2-3,5,7,9-11,15,18H,4,6,8H2,1H3/t15-/m1/s1. The summed E-state index contributed by atoms with van der Waals surface area (Å²) in [6, 6.07) is 12.0. The number of nitro groups is 1. The van der Waals surface area contributed by atoms with Gasteiger partial charge in [-0.2, -0.15) is 0 Å². The molecule has 1 aliphatic rings. The number of fused-ring (bicyclic) bond motifs is 1. The summed E-state index contributed by atoms with van der Waals surface area (Å²) in [6.07, 6.45) is 3.92. The van der Waals surface area contributed by atoms with E-state index in [1.165, 1.54) is 17.7 Å². The maximum atomic E-state index is 11.6. The average molecular weight is 346 g/mol. The highest BCUT2D eigenvalue weighted by Gasteiger charge is 2.24. The molecule has 2 aromatic rings. The molecule has 0 aliphatic heterocycles. The van der Waals surface area contributed by atoms with Gasteiger partial charge >= 0.3 is 0 Å². The van der Waals surface area contributed by atoms with E-state index < -0.39 is 14.8 Å². The van der Waals surface area contributed by atoms with Crippen LogP contribution in [-0.2, 0) is 16.3 Å². The minimum absolute atomic E-state index is 0.0160. The molecule has 1 atom stereocenters. The van der Waals surface area contributed by atoms with E-state index in [-0.39, 0.29) is 16.6 Å². The first-order valence-corrected chi connectivity index (χ1v) is 9.58. The Bertz CT molecular complexity index is 893. The van der Waals surface area contributed by atoms with Crippen molar-refractivity contribution in [2.24, 2.45) is 0 Å². The first-order chi connectivity index (χ1) is 11.4. The summed E-state index contributed by atoms with van der Waals surface area (Å²) in [6.45, 7) is 0. The molecule has 3 rings (SSSR count). The van der Waals surface area contributed by atoms with Crippen LogP contribution in [0.25, 0.3) is 0 Å². The third-order valence-corrected chi connectivity index (χ3v) is 5.40. The van der Waals surface area contributed by atoms with Crippen LogP contribution in [0.5, 0.6) is 0 Å². The minimum Gasteiger partial charge on any atom is -0.373 e. The van der Waals surface area contributed by atoms with Crippen molar-refractivity contribution in [3.8, 4) is 0 Å². The smallest absolute Gasteiger partial charge is 0.293 e. The number of hydrogen-bond donors (Lipinski definition) is 1. The quantitative estimate of drug-likeness (QED) is 0.676. The van der Waals surface area contributed by atoms with E-state index in [1.807, 2.05) is 18.2 Å². The Morgan fingerprint density at radius 2 is 1.96 bits per heavy atom. The first-order valence-electron chi connectivity index (χ1n) is 7.69. The monoisotopic (exact) mass is 346 g/mol. The normalized spacial score (nSPS) is 17.1. The van der Waals surface area contributed by atoms with E-state index >= 15 is 0 Å². The molecule has 126 valence electrons. The molecule has 7 heteroatoms. The van der Waals surface area contributed by atoms with Gasteiger partial charge in [-0.15, -0.1) is 0 Å². The number of aryl methyl sites for hydroxylation is 1. The number of rotatable bonds is 4. The summed E-state index contributed by atoms with van der Waals surface area (Å²) in [5, 5.41) is 14.6. The molecule has 1 N–H and O–H groups in total. The molecule has 0 saturated carbocycles. The van der Waals surface area contributed by atoms with Gasteiger partial charge in [0.1, 0.15) is 5.69 Å². The number of benzene rings is 2. The van der Waals surface area contributed by atoms with Crippen molar-refractivity contribution in [1.82, 2.24) is 0 Å². The summed E-state index contributed by atoms with van der Waals surface area (Å²) in [5.74, 6) is 0. The first kappa shape index (κ1) is 16.4. The van der Waals surface area contributed by atoms with Gasteiger partial charge in [0.05, 0.1) is 15.9 Å². The maximum absolute atomic E-state index is 11.6. The maximum Gasteiger partial charge on any atom is 0.293 e. The lowest BCUT2D eigenvalue weighted by Gasteiger charge is -2.27. The second kappa shape index (κ2) is 6.24. The fourth-order valence-corrected chi connectivity index (χ4v) is 3.75. The zero-order chi connectivity index (χ0) is 17.3. The molecule has 0 fully saturated rings. The van der Waals surface area contributed by atoms with E-state index in [0.29, 0.717) is 5.69 Å². The highest BCUT2D eigenvalue weighted by molar-refractivity contribution is 7.90. The van der Waals surface area contributed by atoms with Crippen molar-refractivity contribution in [3.63, 3.8) is 0 Å². The molecule has 1 aliphatic carbocycles. The third-order valence-electron chi connectivity index (χ3n) is 4.29. The van der Waals surface area contributed by atoms with E-state index in [9.17, 15) is 18.5 Å². The Morgan fingerprint density at radius 3 is 2.67 bits per heavy atom. The average Bonchev–Trinajstić information content (AvgIpc) is 2.54. The second-order valence-corrected chi connectivity index (χ2v) is 8.01. The van der Waals surface area contributed by atoms with Crippen molar-refractivity contribution in [2.75, 3.05) is 11.6 Å². The molecule has 2 aromatic carbocycles. The third kappa shape index (κ3) is 3.26. The number of nitrogens with one attached hydrogen (secondary N) is 1. The van der Waals surface area contributed by atoms with Crippen molar-refractivity contribution < 1.29 is 13.3 Å². The molecule has 24 heavy (non-hydrogen) atoms. The molecule has 0 spiro atoms. The largest absolute Gasteiger partial charge is 0.373 e. The van der Waals surface area contributed by atoms with Gasteiger partial charge in [-0.1, -0.05) is 24.3 Å². The minimum atomic E-state index is -3.49. The lowest BCUT2D eigenvalue weighted by atomic mass is 9.87. The van der Waals surface area contributed by atoms with E-state index in [1.54, 1.807) is 0 Å². The van der Waals surface area contributed by atoms with E-state index in [2.05, 4.69) is 11.4 Å². The number of sulfone groups is 1. The number of nitro benzene ring substituents is 1. The summed E-state index contributed by atoms with van der Waals surface area (Å²) in [5.41, 5.74) is 2.51. The van der Waals surface area contributed by atoms with Crippen LogP contribution in [0, 0.1) is 10.1 Å². The van der Waals surface area contributed by atoms with Gasteiger partial charge in [0, 0.05) is 12.3 Å². The Hall–Kier alpha value is -2.41. The molecular weight excluding hydrogens is 328 g/mol. The van der Waals surface area contributed by atoms with Crippen LogP contribution in [0.15, 0.2) is 47.4 Å². The van der Waals surface area contributed by atoms with Crippen molar-refractivity contribution in [3.05, 3.63) is 63.7 Å². The van der Waals surface area contributed by atoms with Crippen LogP contribution >= 0.6 is 0 Å². The van der Waals surface area contributed by atoms with Crippen LogP contribution in [0.2, 0.25) is 0 Å². The summed E-state index contributed by atoms with van der Waals surface area (Å²) >= 11 is 0. The summed E-state index contributed by atoms with van der Waals surface area (Å²) in [7, 11) is -3.49. The van der Waals surface area contributed by atoms with Gasteiger partial charge in [0.25, 0.3) is 5.69 Å². The fraction of sp³-hybridized carbons (Fsp3) is 0.294. The molecular formula is C17H18N2O4S. The van der Waals surface area contributed by atoms with Crippen molar-refractivity contribution >= 4 is 21.2 Å². The van der Waals surface area contributed by atoms with Crippen LogP contribution in [0.3, 0.4) is 0 Å². The zero-order valence-electron chi connectivity index (χ0n) is 13.2. The molecule has 0 radical (unpaired) electrons. The van der Waals surface area contributed by atoms with Gasteiger partial charge in [-0.25, -0.2) is 8.42 Å². The van der Waals surface area contributed by atoms with Crippen molar-refractivity contribution in [1.29, 1.82) is 0 Å². The highest BCUT2D eigenvalue weighted by Crippen LogP contribution is 2.36. The van der Waals surface area contributed by atoms with E-state index in [0.717, 1.165) is 37.1 Å². The second-order valence-electron chi connectivity index (χ2n) is 6.00. The zero-order valence-corrected chi connectivity index (χ0v) is 14.0. The SMILES string of the molecule is CS(=O)(=O)c1ccc(N[C@@H]2CCCc3ccccc32)c([N+](=O)[O-])c1. The molecule has 0 saturated heterocycles. The molecule has 0 heterocycles. The fourth-order valence-electron chi connectivity index (χ4n) is 3.11. The van der Waals surface area contributed by atoms with Crippen molar-refractivity contribution in [2.45, 2.75) is 30.2 Å². The molecule has 0 unspecified atom stereocenters. The Kier molecular flexibility index (Phi) is 4.28. The number of nitrogens with zero attached hydrogens (tertiary/aromatic N) is 1. The molecule has 0 bridgehead atoms. The summed E-state index contributed by atoms with van der Waals surface area (Å²) < 4.78 is 23.3. The Morgan fingerprint density at radius 1 is 1.21 bits per heavy atom. The van der Waals surface area contributed by atoms with Crippen LogP contribution in [-0.4, -0.2) is 19.6 Å². The summed E-state index contributed by atoms with van der Waals surface area (Å²) in [4.78, 5) is 10.8. The van der Waals surface area contributed by atoms with Gasteiger partial charge in [0.15, 0.2) is 9.84 Å². The van der Waals surface area contributed by atoms with Gasteiger partial charge in [0.2, 0.25) is 0 Å². The van der Waals surface area contributed by atoms with Gasteiger partial charge in [-0.05, 0) is 42.5 Å². The lowest BCUT2D eigenvalue weighted by Crippen LogP contribution is -2.18. The Labute approximate surface area is 140 Å².